The summed E-state index contributed by atoms with van der Waals surface area (Å²) in [5, 5.41) is 0. The van der Waals surface area contributed by atoms with Crippen molar-refractivity contribution in [3.63, 3.8) is 0 Å². The van der Waals surface area contributed by atoms with Gasteiger partial charge in [0.15, 0.2) is 0 Å². The van der Waals surface area contributed by atoms with E-state index in [0.29, 0.717) is 5.56 Å². The zero-order valence-corrected chi connectivity index (χ0v) is 19.6. The SMILES string of the molecule is CC=C1C2C=C(C)CC1(N=C/C=C/c1ccccc1C(=O)OC(C)C)c1ccc(=O)[nH]c1C2. The van der Waals surface area contributed by atoms with Gasteiger partial charge in [0.05, 0.1) is 11.7 Å². The Hall–Kier alpha value is -3.47. The van der Waals surface area contributed by atoms with Gasteiger partial charge in [-0.3, -0.25) is 9.79 Å². The zero-order valence-electron chi connectivity index (χ0n) is 19.6. The highest BCUT2D eigenvalue weighted by Crippen LogP contribution is 2.51. The van der Waals surface area contributed by atoms with Crippen molar-refractivity contribution >= 4 is 18.3 Å². The first-order valence-corrected chi connectivity index (χ1v) is 11.4. The van der Waals surface area contributed by atoms with E-state index in [1.807, 2.05) is 56.5 Å². The molecule has 5 nitrogen and oxygen atoms in total. The lowest BCUT2D eigenvalue weighted by atomic mass is 9.63. The average Bonchev–Trinajstić information content (AvgIpc) is 2.76. The Morgan fingerprint density at radius 3 is 2.79 bits per heavy atom. The summed E-state index contributed by atoms with van der Waals surface area (Å²) in [4.78, 5) is 32.6. The lowest BCUT2D eigenvalue weighted by Gasteiger charge is -2.45. The van der Waals surface area contributed by atoms with Crippen LogP contribution in [0.4, 0.5) is 0 Å². The van der Waals surface area contributed by atoms with Crippen LogP contribution in [0.25, 0.3) is 6.08 Å². The summed E-state index contributed by atoms with van der Waals surface area (Å²) in [5.41, 5.74) is 5.28. The van der Waals surface area contributed by atoms with Crippen molar-refractivity contribution in [1.82, 2.24) is 4.98 Å². The molecule has 2 bridgehead atoms. The van der Waals surface area contributed by atoms with Gasteiger partial charge in [-0.25, -0.2) is 4.79 Å². The average molecular weight is 443 g/mol. The molecule has 2 aromatic rings. The third-order valence-electron chi connectivity index (χ3n) is 6.26. The van der Waals surface area contributed by atoms with Crippen LogP contribution in [-0.2, 0) is 16.7 Å². The van der Waals surface area contributed by atoms with Gasteiger partial charge in [-0.05, 0) is 63.5 Å². The molecule has 1 heterocycles. The van der Waals surface area contributed by atoms with E-state index in [0.717, 1.165) is 29.7 Å². The number of aromatic amines is 1. The van der Waals surface area contributed by atoms with Gasteiger partial charge >= 0.3 is 5.97 Å². The largest absolute Gasteiger partial charge is 0.459 e. The molecule has 1 aromatic carbocycles. The molecule has 1 aromatic heterocycles. The number of hydrogen-bond donors (Lipinski definition) is 1. The minimum atomic E-state index is -0.531. The molecular formula is C28H30N2O3. The van der Waals surface area contributed by atoms with Crippen molar-refractivity contribution in [2.24, 2.45) is 10.9 Å². The number of aromatic nitrogens is 1. The second-order valence-corrected chi connectivity index (χ2v) is 9.00. The number of hydrogen-bond acceptors (Lipinski definition) is 4. The molecule has 33 heavy (non-hydrogen) atoms. The predicted molar refractivity (Wildman–Crippen MR) is 133 cm³/mol. The van der Waals surface area contributed by atoms with Gasteiger partial charge in [-0.15, -0.1) is 0 Å². The number of rotatable bonds is 5. The van der Waals surface area contributed by atoms with Crippen LogP contribution in [0.5, 0.6) is 0 Å². The molecule has 2 aliphatic carbocycles. The molecule has 0 fully saturated rings. The highest BCUT2D eigenvalue weighted by atomic mass is 16.5. The fourth-order valence-corrected chi connectivity index (χ4v) is 5.08. The summed E-state index contributed by atoms with van der Waals surface area (Å²) < 4.78 is 5.37. The number of nitrogens with zero attached hydrogens (tertiary/aromatic N) is 1. The van der Waals surface area contributed by atoms with E-state index in [-0.39, 0.29) is 23.6 Å². The molecule has 2 aliphatic rings. The minimum absolute atomic E-state index is 0.0830. The Morgan fingerprint density at radius 2 is 2.03 bits per heavy atom. The van der Waals surface area contributed by atoms with E-state index in [1.54, 1.807) is 12.1 Å². The summed E-state index contributed by atoms with van der Waals surface area (Å²) in [6.45, 7) is 7.88. The third-order valence-corrected chi connectivity index (χ3v) is 6.26. The molecule has 0 saturated heterocycles. The number of nitrogens with one attached hydrogen (secondary N) is 1. The number of carbonyl (C=O) groups excluding carboxylic acids is 1. The molecule has 2 atom stereocenters. The Kier molecular flexibility index (Phi) is 6.32. The smallest absolute Gasteiger partial charge is 0.338 e. The number of ether oxygens (including phenoxy) is 1. The molecule has 2 unspecified atom stereocenters. The molecular weight excluding hydrogens is 412 g/mol. The lowest BCUT2D eigenvalue weighted by molar-refractivity contribution is 0.0377. The van der Waals surface area contributed by atoms with Crippen molar-refractivity contribution in [2.45, 2.75) is 52.2 Å². The van der Waals surface area contributed by atoms with Crippen molar-refractivity contribution in [2.75, 3.05) is 0 Å². The fraction of sp³-hybridized carbons (Fsp3) is 0.321. The number of allylic oxidation sites excluding steroid dienone is 3. The van der Waals surface area contributed by atoms with E-state index < -0.39 is 5.54 Å². The second-order valence-electron chi connectivity index (χ2n) is 9.00. The van der Waals surface area contributed by atoms with Gasteiger partial charge in [0.25, 0.3) is 0 Å². The van der Waals surface area contributed by atoms with Gasteiger partial charge in [-0.2, -0.15) is 0 Å². The number of pyridine rings is 1. The molecule has 170 valence electrons. The van der Waals surface area contributed by atoms with E-state index in [4.69, 9.17) is 9.73 Å². The van der Waals surface area contributed by atoms with E-state index >= 15 is 0 Å². The Labute approximate surface area is 194 Å². The van der Waals surface area contributed by atoms with E-state index in [2.05, 4.69) is 31.0 Å². The van der Waals surface area contributed by atoms with Crippen molar-refractivity contribution in [1.29, 1.82) is 0 Å². The van der Waals surface area contributed by atoms with Gasteiger partial charge in [0.1, 0.15) is 5.54 Å². The van der Waals surface area contributed by atoms with Crippen LogP contribution in [0.2, 0.25) is 0 Å². The maximum absolute atomic E-state index is 12.4. The minimum Gasteiger partial charge on any atom is -0.459 e. The van der Waals surface area contributed by atoms with Gasteiger partial charge in [0.2, 0.25) is 5.56 Å². The van der Waals surface area contributed by atoms with E-state index in [9.17, 15) is 9.59 Å². The molecule has 4 rings (SSSR count). The maximum atomic E-state index is 12.4. The molecule has 5 heteroatoms. The Morgan fingerprint density at radius 1 is 1.24 bits per heavy atom. The summed E-state index contributed by atoms with van der Waals surface area (Å²) in [6.07, 6.45) is 11.4. The molecule has 0 saturated carbocycles. The third kappa shape index (κ3) is 4.40. The van der Waals surface area contributed by atoms with Crippen LogP contribution >= 0.6 is 0 Å². The van der Waals surface area contributed by atoms with Gasteiger partial charge < -0.3 is 9.72 Å². The normalized spacial score (nSPS) is 23.2. The molecule has 0 amide bonds. The number of esters is 1. The number of aliphatic imine (C=N–C) groups is 1. The number of H-pyrrole nitrogens is 1. The van der Waals surface area contributed by atoms with Crippen LogP contribution in [0.1, 0.15) is 61.3 Å². The van der Waals surface area contributed by atoms with Crippen LogP contribution < -0.4 is 5.56 Å². The van der Waals surface area contributed by atoms with Gasteiger partial charge in [0, 0.05) is 35.9 Å². The quantitative estimate of drug-likeness (QED) is 0.383. The Balaban J connectivity index is 1.71. The molecule has 1 N–H and O–H groups in total. The molecule has 0 aliphatic heterocycles. The van der Waals surface area contributed by atoms with Gasteiger partial charge in [-0.1, -0.05) is 42.0 Å². The summed E-state index contributed by atoms with van der Waals surface area (Å²) in [7, 11) is 0. The fourth-order valence-electron chi connectivity index (χ4n) is 5.08. The number of carbonyl (C=O) groups is 1. The summed E-state index contributed by atoms with van der Waals surface area (Å²) >= 11 is 0. The first-order valence-electron chi connectivity index (χ1n) is 11.4. The summed E-state index contributed by atoms with van der Waals surface area (Å²) in [5.74, 6) is -0.111. The van der Waals surface area contributed by atoms with Crippen LogP contribution in [0, 0.1) is 5.92 Å². The number of fused-ring (bicyclic) bond motifs is 4. The first-order chi connectivity index (χ1) is 15.8. The molecule has 0 radical (unpaired) electrons. The second kappa shape index (κ2) is 9.18. The Bertz CT molecular complexity index is 1250. The predicted octanol–water partition coefficient (Wildman–Crippen LogP) is 5.39. The highest BCUT2D eigenvalue weighted by Gasteiger charge is 2.46. The van der Waals surface area contributed by atoms with Crippen molar-refractivity contribution in [3.05, 3.63) is 98.5 Å². The van der Waals surface area contributed by atoms with Crippen LogP contribution in [0.15, 0.2) is 75.6 Å². The summed E-state index contributed by atoms with van der Waals surface area (Å²) in [6, 6.07) is 10.9. The van der Waals surface area contributed by atoms with Crippen LogP contribution in [0.3, 0.4) is 0 Å². The van der Waals surface area contributed by atoms with Crippen molar-refractivity contribution in [3.8, 4) is 0 Å². The maximum Gasteiger partial charge on any atom is 0.338 e. The molecule has 0 spiro atoms. The first kappa shape index (κ1) is 22.7. The van der Waals surface area contributed by atoms with Crippen molar-refractivity contribution < 1.29 is 9.53 Å². The van der Waals surface area contributed by atoms with E-state index in [1.165, 1.54) is 11.1 Å². The highest BCUT2D eigenvalue weighted by molar-refractivity contribution is 5.94. The monoisotopic (exact) mass is 442 g/mol. The zero-order chi connectivity index (χ0) is 23.6. The lowest BCUT2D eigenvalue weighted by Crippen LogP contribution is -2.40. The van der Waals surface area contributed by atoms with Crippen LogP contribution in [-0.4, -0.2) is 23.3 Å². The topological polar surface area (TPSA) is 71.5 Å². The number of benzene rings is 1. The standard InChI is InChI=1S/C28H30N2O3/c1-5-23-21-15-19(4)17-28(23,24-12-13-26(31)30-25(24)16-21)29-14-8-10-20-9-6-7-11-22(20)27(32)33-18(2)3/h5-15,18,21H,16-17H2,1-4H3,(H,30,31)/b10-8+,23-5?,29-14?.